The summed E-state index contributed by atoms with van der Waals surface area (Å²) in [7, 11) is 0. The molecule has 0 saturated heterocycles. The Balaban J connectivity index is 1.50. The van der Waals surface area contributed by atoms with Crippen LogP contribution in [0.2, 0.25) is 5.02 Å². The van der Waals surface area contributed by atoms with E-state index in [0.29, 0.717) is 23.8 Å². The fourth-order valence-corrected chi connectivity index (χ4v) is 6.49. The normalized spacial score (nSPS) is 12.5. The lowest BCUT2D eigenvalue weighted by molar-refractivity contribution is -0.140. The maximum atomic E-state index is 12.1. The zero-order chi connectivity index (χ0) is 29.9. The molecule has 4 aromatic rings. The van der Waals surface area contributed by atoms with Gasteiger partial charge < -0.3 is 9.84 Å². The van der Waals surface area contributed by atoms with Crippen molar-refractivity contribution in [2.24, 2.45) is 5.92 Å². The number of nitrogens with zero attached hydrogens (tertiary/aromatic N) is 1. The molecule has 0 radical (unpaired) electrons. The van der Waals surface area contributed by atoms with Crippen molar-refractivity contribution < 1.29 is 19.4 Å². The summed E-state index contributed by atoms with van der Waals surface area (Å²) in [5.74, 6) is -0.621. The average Bonchev–Trinajstić information content (AvgIpc) is 2.98. The molecule has 8 heteroatoms. The van der Waals surface area contributed by atoms with Crippen LogP contribution in [0.25, 0.3) is 10.9 Å². The molecule has 2 atom stereocenters. The third-order valence-electron chi connectivity index (χ3n) is 7.25. The Bertz CT molecular complexity index is 1510. The molecule has 6 nitrogen and oxygen atoms in total. The largest absolute Gasteiger partial charge is 0.481 e. The summed E-state index contributed by atoms with van der Waals surface area (Å²) < 4.78 is 5.07. The summed E-state index contributed by atoms with van der Waals surface area (Å²) in [6.07, 6.45) is 3.26. The van der Waals surface area contributed by atoms with Crippen molar-refractivity contribution in [3.05, 3.63) is 106 Å². The minimum atomic E-state index is -0.759. The zero-order valence-electron chi connectivity index (χ0n) is 24.0. The number of pyridine rings is 1. The number of anilines is 1. The molecule has 2 N–H and O–H groups in total. The van der Waals surface area contributed by atoms with Crippen molar-refractivity contribution in [2.75, 3.05) is 17.7 Å². The summed E-state index contributed by atoms with van der Waals surface area (Å²) in [5, 5.41) is 14.3. The number of carbonyl (C=O) groups excluding carboxylic acids is 1. The highest BCUT2D eigenvalue weighted by atomic mass is 35.5. The predicted molar refractivity (Wildman–Crippen MR) is 173 cm³/mol. The molecule has 0 fully saturated rings. The third kappa shape index (κ3) is 8.97. The Kier molecular flexibility index (Phi) is 11.7. The second kappa shape index (κ2) is 15.6. The Labute approximate surface area is 256 Å². The van der Waals surface area contributed by atoms with Gasteiger partial charge in [0.1, 0.15) is 0 Å². The number of halogens is 1. The highest BCUT2D eigenvalue weighted by Gasteiger charge is 2.20. The Hall–Kier alpha value is -3.55. The van der Waals surface area contributed by atoms with E-state index in [4.69, 9.17) is 21.3 Å². The lowest BCUT2D eigenvalue weighted by Crippen LogP contribution is -2.16. The quantitative estimate of drug-likeness (QED) is 0.150. The predicted octanol–water partition coefficient (Wildman–Crippen LogP) is 8.76. The van der Waals surface area contributed by atoms with Crippen LogP contribution in [0, 0.1) is 5.92 Å². The first-order valence-corrected chi connectivity index (χ1v) is 15.8. The van der Waals surface area contributed by atoms with Gasteiger partial charge in [0.2, 0.25) is 0 Å². The van der Waals surface area contributed by atoms with Crippen LogP contribution in [0.3, 0.4) is 0 Å². The molecule has 0 aliphatic heterocycles. The number of aryl methyl sites for hydroxylation is 3. The number of aromatic nitrogens is 1. The number of amides is 1. The van der Waals surface area contributed by atoms with Gasteiger partial charge in [-0.3, -0.25) is 15.1 Å². The molecular formula is C34H37ClN2O4S. The smallest absolute Gasteiger partial charge is 0.411 e. The number of fused-ring (bicyclic) bond motifs is 1. The van der Waals surface area contributed by atoms with Crippen LogP contribution >= 0.6 is 23.4 Å². The highest BCUT2D eigenvalue weighted by Crippen LogP contribution is 2.36. The van der Waals surface area contributed by atoms with Crippen LogP contribution in [0.5, 0.6) is 0 Å². The number of carbonyl (C=O) groups is 2. The number of carboxylic acids is 1. The number of para-hydroxylation sites is 1. The van der Waals surface area contributed by atoms with E-state index >= 15 is 0 Å². The Morgan fingerprint density at radius 3 is 2.57 bits per heavy atom. The molecule has 1 aromatic heterocycles. The molecule has 0 aliphatic rings. The van der Waals surface area contributed by atoms with E-state index in [-0.39, 0.29) is 5.25 Å². The minimum Gasteiger partial charge on any atom is -0.481 e. The second-order valence-corrected chi connectivity index (χ2v) is 11.9. The van der Waals surface area contributed by atoms with E-state index in [1.807, 2.05) is 49.4 Å². The maximum Gasteiger partial charge on any atom is 0.411 e. The fraction of sp³-hybridized carbons (Fsp3) is 0.324. The van der Waals surface area contributed by atoms with Crippen LogP contribution in [0.1, 0.15) is 54.3 Å². The molecule has 0 spiro atoms. The number of benzene rings is 3. The van der Waals surface area contributed by atoms with Gasteiger partial charge in [-0.15, -0.1) is 0 Å². The summed E-state index contributed by atoms with van der Waals surface area (Å²) in [6, 6.07) is 26.2. The maximum absolute atomic E-state index is 12.1. The topological polar surface area (TPSA) is 88.5 Å². The van der Waals surface area contributed by atoms with Gasteiger partial charge in [0, 0.05) is 32.8 Å². The summed E-state index contributed by atoms with van der Waals surface area (Å²) in [6.45, 7) is 3.99. The van der Waals surface area contributed by atoms with Crippen molar-refractivity contribution in [1.29, 1.82) is 0 Å². The summed E-state index contributed by atoms with van der Waals surface area (Å²) >= 11 is 7.86. The number of hydrogen-bond acceptors (Lipinski definition) is 5. The first-order chi connectivity index (χ1) is 20.4. The first-order valence-electron chi connectivity index (χ1n) is 14.4. The lowest BCUT2D eigenvalue weighted by Gasteiger charge is -2.21. The number of carboxylic acid groups (broad SMARTS) is 1. The van der Waals surface area contributed by atoms with Crippen LogP contribution in [0.15, 0.2) is 78.9 Å². The van der Waals surface area contributed by atoms with Crippen molar-refractivity contribution in [2.45, 2.75) is 51.2 Å². The molecule has 1 heterocycles. The van der Waals surface area contributed by atoms with E-state index in [1.165, 1.54) is 11.1 Å². The molecule has 0 aliphatic carbocycles. The standard InChI is InChI=1S/C34H37ClN2O4S/c1-3-24(33(38)39)22-42-32(19-15-25-9-5-6-11-30(25)37-34(40)41-4-2)27-10-7-8-23(20-27)12-17-29-18-14-26-13-16-28(35)21-31(26)36-29/h5-11,13-14,16,18,20-21,24,32H,3-4,12,15,17,19,22H2,1-2H3,(H,37,40)(H,38,39). The molecular weight excluding hydrogens is 568 g/mol. The van der Waals surface area contributed by atoms with E-state index in [2.05, 4.69) is 41.7 Å². The molecule has 0 bridgehead atoms. The van der Waals surface area contributed by atoms with E-state index < -0.39 is 18.0 Å². The van der Waals surface area contributed by atoms with Gasteiger partial charge in [-0.05, 0) is 80.0 Å². The molecule has 0 saturated carbocycles. The summed E-state index contributed by atoms with van der Waals surface area (Å²) in [5.41, 5.74) is 6.04. The van der Waals surface area contributed by atoms with Gasteiger partial charge in [-0.1, -0.05) is 73.1 Å². The third-order valence-corrected chi connectivity index (χ3v) is 8.99. The van der Waals surface area contributed by atoms with Crippen LogP contribution in [0.4, 0.5) is 10.5 Å². The number of aliphatic carboxylic acids is 1. The van der Waals surface area contributed by atoms with Crippen LogP contribution < -0.4 is 5.32 Å². The molecule has 42 heavy (non-hydrogen) atoms. The van der Waals surface area contributed by atoms with E-state index in [0.717, 1.165) is 53.5 Å². The van der Waals surface area contributed by atoms with E-state index in [9.17, 15) is 14.7 Å². The fourth-order valence-electron chi connectivity index (χ4n) is 4.86. The van der Waals surface area contributed by atoms with Gasteiger partial charge in [0.25, 0.3) is 0 Å². The monoisotopic (exact) mass is 604 g/mol. The van der Waals surface area contributed by atoms with E-state index in [1.54, 1.807) is 18.7 Å². The average molecular weight is 605 g/mol. The minimum absolute atomic E-state index is 0.0925. The summed E-state index contributed by atoms with van der Waals surface area (Å²) in [4.78, 5) is 28.6. The number of hydrogen-bond donors (Lipinski definition) is 2. The number of thioether (sulfide) groups is 1. The van der Waals surface area contributed by atoms with Gasteiger partial charge >= 0.3 is 12.1 Å². The molecule has 3 aromatic carbocycles. The molecule has 2 unspecified atom stereocenters. The van der Waals surface area contributed by atoms with Gasteiger partial charge in [0.15, 0.2) is 0 Å². The Morgan fingerprint density at radius 2 is 1.79 bits per heavy atom. The second-order valence-electron chi connectivity index (χ2n) is 10.2. The molecule has 1 amide bonds. The number of ether oxygens (including phenoxy) is 1. The zero-order valence-corrected chi connectivity index (χ0v) is 25.6. The number of nitrogens with one attached hydrogen (secondary N) is 1. The lowest BCUT2D eigenvalue weighted by atomic mass is 9.99. The van der Waals surface area contributed by atoms with Crippen LogP contribution in [-0.2, 0) is 28.8 Å². The molecule has 4 rings (SSSR count). The first kappa shape index (κ1) is 31.4. The van der Waals surface area contributed by atoms with Crippen LogP contribution in [-0.4, -0.2) is 34.5 Å². The van der Waals surface area contributed by atoms with Crippen molar-refractivity contribution in [1.82, 2.24) is 4.98 Å². The van der Waals surface area contributed by atoms with Crippen molar-refractivity contribution in [3.8, 4) is 0 Å². The Morgan fingerprint density at radius 1 is 0.976 bits per heavy atom. The highest BCUT2D eigenvalue weighted by molar-refractivity contribution is 7.99. The van der Waals surface area contributed by atoms with Crippen molar-refractivity contribution in [3.63, 3.8) is 0 Å². The van der Waals surface area contributed by atoms with Gasteiger partial charge in [0.05, 0.1) is 18.0 Å². The SMILES string of the molecule is CCOC(=O)Nc1ccccc1CCC(SCC(CC)C(=O)O)c1cccc(CCc2ccc3ccc(Cl)cc3n2)c1. The van der Waals surface area contributed by atoms with Gasteiger partial charge in [-0.25, -0.2) is 4.79 Å². The molecule has 220 valence electrons. The van der Waals surface area contributed by atoms with Gasteiger partial charge in [-0.2, -0.15) is 11.8 Å². The number of rotatable bonds is 14. The van der Waals surface area contributed by atoms with Crippen molar-refractivity contribution >= 4 is 52.0 Å².